The molecular weight excluding hydrogens is 248 g/mol. The molecule has 106 valence electrons. The number of aryl methyl sites for hydroxylation is 1. The fraction of sp³-hybridized carbons (Fsp3) is 0.294. The topological polar surface area (TPSA) is 47.3 Å². The van der Waals surface area contributed by atoms with Crippen LogP contribution in [0.15, 0.2) is 42.5 Å². The lowest BCUT2D eigenvalue weighted by Gasteiger charge is -2.14. The highest BCUT2D eigenvalue weighted by Gasteiger charge is 2.04. The normalized spacial score (nSPS) is 10.6. The molecule has 0 unspecified atom stereocenters. The molecule has 0 aliphatic carbocycles. The predicted molar refractivity (Wildman–Crippen MR) is 85.1 cm³/mol. The van der Waals surface area contributed by atoms with Gasteiger partial charge in [-0.25, -0.2) is 0 Å². The van der Waals surface area contributed by atoms with Gasteiger partial charge < -0.3 is 15.8 Å². The molecule has 0 amide bonds. The van der Waals surface area contributed by atoms with Crippen LogP contribution in [-0.4, -0.2) is 6.10 Å². The highest BCUT2D eigenvalue weighted by Crippen LogP contribution is 2.26. The van der Waals surface area contributed by atoms with Gasteiger partial charge in [0.2, 0.25) is 0 Å². The Hall–Kier alpha value is -2.16. The lowest BCUT2D eigenvalue weighted by atomic mass is 10.1. The van der Waals surface area contributed by atoms with Crippen LogP contribution in [-0.2, 0) is 6.54 Å². The molecule has 2 aromatic rings. The van der Waals surface area contributed by atoms with Gasteiger partial charge in [0.1, 0.15) is 5.75 Å². The van der Waals surface area contributed by atoms with Gasteiger partial charge >= 0.3 is 0 Å². The van der Waals surface area contributed by atoms with Gasteiger partial charge in [-0.3, -0.25) is 0 Å². The van der Waals surface area contributed by atoms with Crippen molar-refractivity contribution in [3.63, 3.8) is 0 Å². The zero-order valence-electron chi connectivity index (χ0n) is 12.3. The fourth-order valence-electron chi connectivity index (χ4n) is 2.03. The largest absolute Gasteiger partial charge is 0.489 e. The number of benzene rings is 2. The van der Waals surface area contributed by atoms with Crippen LogP contribution in [0.25, 0.3) is 0 Å². The molecule has 0 radical (unpaired) electrons. The highest BCUT2D eigenvalue weighted by molar-refractivity contribution is 5.61. The smallest absolute Gasteiger partial charge is 0.144 e. The molecule has 0 fully saturated rings. The number of nitrogen functional groups attached to an aromatic ring is 1. The van der Waals surface area contributed by atoms with E-state index in [1.54, 1.807) is 0 Å². The summed E-state index contributed by atoms with van der Waals surface area (Å²) in [5.74, 6) is 0.731. The molecular formula is C17H22N2O. The molecule has 3 nitrogen and oxygen atoms in total. The summed E-state index contributed by atoms with van der Waals surface area (Å²) in [4.78, 5) is 0. The summed E-state index contributed by atoms with van der Waals surface area (Å²) in [5.41, 5.74) is 10.1. The Morgan fingerprint density at radius 1 is 1.15 bits per heavy atom. The molecule has 0 aromatic heterocycles. The van der Waals surface area contributed by atoms with Gasteiger partial charge in [-0.1, -0.05) is 29.8 Å². The average Bonchev–Trinajstić information content (AvgIpc) is 2.39. The Kier molecular flexibility index (Phi) is 4.51. The first kappa shape index (κ1) is 14.3. The second-order valence-corrected chi connectivity index (χ2v) is 5.26. The van der Waals surface area contributed by atoms with Crippen LogP contribution in [0.5, 0.6) is 5.75 Å². The number of hydrogen-bond donors (Lipinski definition) is 2. The Labute approximate surface area is 120 Å². The van der Waals surface area contributed by atoms with E-state index >= 15 is 0 Å². The summed E-state index contributed by atoms with van der Waals surface area (Å²) >= 11 is 0. The van der Waals surface area contributed by atoms with Crippen LogP contribution < -0.4 is 15.8 Å². The Morgan fingerprint density at radius 3 is 2.65 bits per heavy atom. The number of ether oxygens (including phenoxy) is 1. The molecule has 2 rings (SSSR count). The van der Waals surface area contributed by atoms with Crippen molar-refractivity contribution in [2.24, 2.45) is 0 Å². The Morgan fingerprint density at radius 2 is 1.95 bits per heavy atom. The van der Waals surface area contributed by atoms with E-state index in [2.05, 4.69) is 36.5 Å². The van der Waals surface area contributed by atoms with Crippen LogP contribution in [0, 0.1) is 6.92 Å². The molecule has 0 aliphatic rings. The third-order valence-electron chi connectivity index (χ3n) is 2.96. The molecule has 20 heavy (non-hydrogen) atoms. The van der Waals surface area contributed by atoms with Crippen molar-refractivity contribution in [3.05, 3.63) is 53.6 Å². The maximum absolute atomic E-state index is 5.91. The van der Waals surface area contributed by atoms with E-state index in [4.69, 9.17) is 10.5 Å². The molecule has 0 saturated carbocycles. The van der Waals surface area contributed by atoms with Gasteiger partial charge in [-0.15, -0.1) is 0 Å². The van der Waals surface area contributed by atoms with Crippen molar-refractivity contribution in [1.29, 1.82) is 0 Å². The number of rotatable bonds is 5. The number of hydrogen-bond acceptors (Lipinski definition) is 3. The monoisotopic (exact) mass is 270 g/mol. The minimum atomic E-state index is 0.115. The minimum absolute atomic E-state index is 0.115. The van der Waals surface area contributed by atoms with Crippen molar-refractivity contribution in [2.45, 2.75) is 33.4 Å². The number of anilines is 2. The van der Waals surface area contributed by atoms with Gasteiger partial charge in [0.15, 0.2) is 0 Å². The van der Waals surface area contributed by atoms with E-state index in [9.17, 15) is 0 Å². The first-order chi connectivity index (χ1) is 9.54. The van der Waals surface area contributed by atoms with E-state index in [1.807, 2.05) is 32.0 Å². The Balaban J connectivity index is 2.06. The van der Waals surface area contributed by atoms with E-state index in [1.165, 1.54) is 11.1 Å². The van der Waals surface area contributed by atoms with Crippen molar-refractivity contribution in [1.82, 2.24) is 0 Å². The van der Waals surface area contributed by atoms with Crippen molar-refractivity contribution >= 4 is 11.4 Å². The standard InChI is InChI=1S/C17H22N2O/c1-12(2)20-17-10-15(7-8-16(17)18)19-11-14-6-4-5-13(3)9-14/h4-10,12,19H,11,18H2,1-3H3. The van der Waals surface area contributed by atoms with E-state index in [-0.39, 0.29) is 6.10 Å². The molecule has 0 atom stereocenters. The quantitative estimate of drug-likeness (QED) is 0.808. The van der Waals surface area contributed by atoms with Gasteiger partial charge in [-0.05, 0) is 38.5 Å². The molecule has 0 aliphatic heterocycles. The van der Waals surface area contributed by atoms with Gasteiger partial charge in [0.25, 0.3) is 0 Å². The molecule has 0 saturated heterocycles. The zero-order chi connectivity index (χ0) is 14.5. The Bertz CT molecular complexity index is 579. The van der Waals surface area contributed by atoms with Crippen molar-refractivity contribution < 1.29 is 4.74 Å². The second-order valence-electron chi connectivity index (χ2n) is 5.26. The molecule has 0 spiro atoms. The van der Waals surface area contributed by atoms with Crippen molar-refractivity contribution in [2.75, 3.05) is 11.1 Å². The van der Waals surface area contributed by atoms with Crippen LogP contribution in [0.3, 0.4) is 0 Å². The fourth-order valence-corrected chi connectivity index (χ4v) is 2.03. The summed E-state index contributed by atoms with van der Waals surface area (Å²) in [5, 5.41) is 3.39. The van der Waals surface area contributed by atoms with Crippen LogP contribution in [0.2, 0.25) is 0 Å². The van der Waals surface area contributed by atoms with Gasteiger partial charge in [-0.2, -0.15) is 0 Å². The summed E-state index contributed by atoms with van der Waals surface area (Å²) < 4.78 is 5.69. The van der Waals surface area contributed by atoms with Crippen LogP contribution in [0.1, 0.15) is 25.0 Å². The number of nitrogens with two attached hydrogens (primary N) is 1. The van der Waals surface area contributed by atoms with E-state index in [0.717, 1.165) is 18.0 Å². The summed E-state index contributed by atoms with van der Waals surface area (Å²) in [6.45, 7) is 6.87. The van der Waals surface area contributed by atoms with Crippen molar-refractivity contribution in [3.8, 4) is 5.75 Å². The maximum atomic E-state index is 5.91. The van der Waals surface area contributed by atoms with Gasteiger partial charge in [0.05, 0.1) is 11.8 Å². The second kappa shape index (κ2) is 6.33. The first-order valence-corrected chi connectivity index (χ1v) is 6.90. The van der Waals surface area contributed by atoms with Crippen LogP contribution >= 0.6 is 0 Å². The lowest BCUT2D eigenvalue weighted by Crippen LogP contribution is -2.08. The van der Waals surface area contributed by atoms with E-state index < -0.39 is 0 Å². The molecule has 3 heteroatoms. The zero-order valence-corrected chi connectivity index (χ0v) is 12.3. The first-order valence-electron chi connectivity index (χ1n) is 6.90. The molecule has 0 heterocycles. The molecule has 2 aromatic carbocycles. The third-order valence-corrected chi connectivity index (χ3v) is 2.96. The van der Waals surface area contributed by atoms with Gasteiger partial charge in [0, 0.05) is 18.3 Å². The molecule has 3 N–H and O–H groups in total. The highest BCUT2D eigenvalue weighted by atomic mass is 16.5. The summed E-state index contributed by atoms with van der Waals surface area (Å²) in [6, 6.07) is 14.3. The minimum Gasteiger partial charge on any atom is -0.489 e. The van der Waals surface area contributed by atoms with E-state index in [0.29, 0.717) is 5.69 Å². The summed E-state index contributed by atoms with van der Waals surface area (Å²) in [7, 11) is 0. The SMILES string of the molecule is Cc1cccc(CNc2ccc(N)c(OC(C)C)c2)c1. The third kappa shape index (κ3) is 3.92. The van der Waals surface area contributed by atoms with Crippen LogP contribution in [0.4, 0.5) is 11.4 Å². The predicted octanol–water partition coefficient (Wildman–Crippen LogP) is 3.98. The lowest BCUT2D eigenvalue weighted by molar-refractivity contribution is 0.244. The molecule has 0 bridgehead atoms. The average molecular weight is 270 g/mol. The number of nitrogens with one attached hydrogen (secondary N) is 1. The maximum Gasteiger partial charge on any atom is 0.144 e. The summed E-state index contributed by atoms with van der Waals surface area (Å²) in [6.07, 6.45) is 0.115.